The highest BCUT2D eigenvalue weighted by atomic mass is 16.6. The molecule has 0 aromatic heterocycles. The third kappa shape index (κ3) is 15.6. The summed E-state index contributed by atoms with van der Waals surface area (Å²) in [6.45, 7) is 4.40. The lowest BCUT2D eigenvalue weighted by molar-refractivity contribution is -0.427. The van der Waals surface area contributed by atoms with E-state index in [9.17, 15) is 14.9 Å². The molecular weight excluding hydrogens is 318 g/mol. The summed E-state index contributed by atoms with van der Waals surface area (Å²) in [7, 11) is 0. The molecular formula is C20H35NO4. The number of esters is 1. The lowest BCUT2D eigenvalue weighted by atomic mass is 10.1. The summed E-state index contributed by atoms with van der Waals surface area (Å²) in [6, 6.07) is 0. The smallest absolute Gasteiger partial charge is 0.305 e. The Hall–Kier alpha value is -1.65. The third-order valence-electron chi connectivity index (χ3n) is 3.97. The Morgan fingerprint density at radius 2 is 1.64 bits per heavy atom. The van der Waals surface area contributed by atoms with Crippen LogP contribution >= 0.6 is 0 Å². The fourth-order valence-electron chi connectivity index (χ4n) is 2.51. The van der Waals surface area contributed by atoms with Crippen LogP contribution in [0.3, 0.4) is 0 Å². The molecule has 5 nitrogen and oxygen atoms in total. The lowest BCUT2D eigenvalue weighted by Gasteiger charge is -2.01. The maximum absolute atomic E-state index is 11.2. The molecule has 0 aromatic carbocycles. The van der Waals surface area contributed by atoms with Crippen LogP contribution in [0.1, 0.15) is 90.9 Å². The van der Waals surface area contributed by atoms with E-state index in [0.29, 0.717) is 25.1 Å². The van der Waals surface area contributed by atoms with Gasteiger partial charge in [0.15, 0.2) is 0 Å². The highest BCUT2D eigenvalue weighted by Crippen LogP contribution is 2.11. The third-order valence-corrected chi connectivity index (χ3v) is 3.97. The average Bonchev–Trinajstić information content (AvgIpc) is 2.58. The normalized spacial score (nSPS) is 11.8. The zero-order valence-corrected chi connectivity index (χ0v) is 16.0. The van der Waals surface area contributed by atoms with Crippen LogP contribution in [0, 0.1) is 10.1 Å². The van der Waals surface area contributed by atoms with Gasteiger partial charge in [-0.2, -0.15) is 0 Å². The molecule has 0 aliphatic heterocycles. The molecule has 0 heterocycles. The molecule has 0 radical (unpaired) electrons. The quantitative estimate of drug-likeness (QED) is 0.113. The van der Waals surface area contributed by atoms with Crippen molar-refractivity contribution in [1.82, 2.24) is 0 Å². The van der Waals surface area contributed by atoms with E-state index >= 15 is 0 Å². The Balaban J connectivity index is 3.69. The van der Waals surface area contributed by atoms with Crippen LogP contribution in [-0.4, -0.2) is 17.5 Å². The zero-order valence-electron chi connectivity index (χ0n) is 16.0. The summed E-state index contributed by atoms with van der Waals surface area (Å²) < 4.78 is 4.89. The fourth-order valence-corrected chi connectivity index (χ4v) is 2.51. The van der Waals surface area contributed by atoms with Crippen LogP contribution in [0.25, 0.3) is 0 Å². The van der Waals surface area contributed by atoms with E-state index in [1.165, 1.54) is 0 Å². The maximum Gasteiger partial charge on any atom is 0.305 e. The molecule has 5 heteroatoms. The summed E-state index contributed by atoms with van der Waals surface area (Å²) >= 11 is 0. The summed E-state index contributed by atoms with van der Waals surface area (Å²) in [6.07, 6.45) is 17.0. The number of ether oxygens (including phenoxy) is 1. The van der Waals surface area contributed by atoms with Crippen molar-refractivity contribution in [3.63, 3.8) is 0 Å². The van der Waals surface area contributed by atoms with Crippen LogP contribution in [0.4, 0.5) is 0 Å². The molecule has 0 fully saturated rings. The second-order valence-electron chi connectivity index (χ2n) is 6.24. The van der Waals surface area contributed by atoms with Gasteiger partial charge in [-0.25, -0.2) is 0 Å². The molecule has 0 aliphatic rings. The van der Waals surface area contributed by atoms with Crippen LogP contribution in [-0.2, 0) is 9.53 Å². The second kappa shape index (κ2) is 17.2. The number of unbranched alkanes of at least 4 members (excludes halogenated alkanes) is 8. The first-order valence-corrected chi connectivity index (χ1v) is 9.75. The molecule has 0 amide bonds. The Labute approximate surface area is 152 Å². The molecule has 0 N–H and O–H groups in total. The minimum Gasteiger partial charge on any atom is -0.466 e. The standard InChI is InChI=1S/C20H35NO4/c1-3-5-6-13-16-19(21(23)24)17-14-11-9-7-8-10-12-15-18-20(22)25-4-2/h11,14,16H,3-10,12-13,15,17-18H2,1-2H3/b14-11-,19-16+. The largest absolute Gasteiger partial charge is 0.466 e. The first kappa shape index (κ1) is 23.4. The van der Waals surface area contributed by atoms with Gasteiger partial charge in [-0.1, -0.05) is 51.2 Å². The predicted octanol–water partition coefficient (Wildman–Crippen LogP) is 5.97. The van der Waals surface area contributed by atoms with E-state index in [-0.39, 0.29) is 10.9 Å². The topological polar surface area (TPSA) is 69.4 Å². The van der Waals surface area contributed by atoms with Crippen LogP contribution in [0.2, 0.25) is 0 Å². The van der Waals surface area contributed by atoms with E-state index < -0.39 is 0 Å². The number of carbonyl (C=O) groups is 1. The molecule has 25 heavy (non-hydrogen) atoms. The Kier molecular flexibility index (Phi) is 16.0. The Bertz CT molecular complexity index is 416. The molecule has 0 unspecified atom stereocenters. The molecule has 0 aromatic rings. The molecule has 0 rings (SSSR count). The fraction of sp³-hybridized carbons (Fsp3) is 0.750. The lowest BCUT2D eigenvalue weighted by Crippen LogP contribution is -2.03. The number of rotatable bonds is 16. The van der Waals surface area contributed by atoms with Gasteiger partial charge in [0.2, 0.25) is 5.70 Å². The van der Waals surface area contributed by atoms with Gasteiger partial charge in [0.05, 0.1) is 18.0 Å². The molecule has 0 bridgehead atoms. The number of nitro groups is 1. The minimum atomic E-state index is -0.264. The number of hydrogen-bond donors (Lipinski definition) is 0. The summed E-state index contributed by atoms with van der Waals surface area (Å²) in [5.74, 6) is -0.102. The number of allylic oxidation sites excluding steroid dienone is 3. The van der Waals surface area contributed by atoms with E-state index in [1.54, 1.807) is 6.08 Å². The van der Waals surface area contributed by atoms with Crippen molar-refractivity contribution in [1.29, 1.82) is 0 Å². The molecule has 0 saturated carbocycles. The SMILES string of the molecule is CCCCC/C=C(\C/C=C\CCCCCCCC(=O)OCC)[N+](=O)[O-]. The molecule has 0 aliphatic carbocycles. The van der Waals surface area contributed by atoms with Crippen LogP contribution in [0.5, 0.6) is 0 Å². The average molecular weight is 354 g/mol. The second-order valence-corrected chi connectivity index (χ2v) is 6.24. The Morgan fingerprint density at radius 1 is 0.960 bits per heavy atom. The van der Waals surface area contributed by atoms with Crippen molar-refractivity contribution in [3.05, 3.63) is 34.0 Å². The number of carbonyl (C=O) groups excluding carboxylic acids is 1. The number of nitrogens with zero attached hydrogens (tertiary/aromatic N) is 1. The van der Waals surface area contributed by atoms with Gasteiger partial charge in [-0.3, -0.25) is 14.9 Å². The van der Waals surface area contributed by atoms with Crippen molar-refractivity contribution in [3.8, 4) is 0 Å². The summed E-state index contributed by atoms with van der Waals surface area (Å²) in [5, 5.41) is 11.0. The zero-order chi connectivity index (χ0) is 18.8. The first-order chi connectivity index (χ1) is 12.1. The van der Waals surface area contributed by atoms with Crippen molar-refractivity contribution < 1.29 is 14.5 Å². The van der Waals surface area contributed by atoms with E-state index in [0.717, 1.165) is 64.2 Å². The van der Waals surface area contributed by atoms with Crippen molar-refractivity contribution in [2.75, 3.05) is 6.61 Å². The van der Waals surface area contributed by atoms with Gasteiger partial charge < -0.3 is 4.74 Å². The van der Waals surface area contributed by atoms with Gasteiger partial charge >= 0.3 is 5.97 Å². The highest BCUT2D eigenvalue weighted by molar-refractivity contribution is 5.69. The van der Waals surface area contributed by atoms with E-state index in [1.807, 2.05) is 19.1 Å². The number of hydrogen-bond acceptors (Lipinski definition) is 4. The van der Waals surface area contributed by atoms with Gasteiger partial charge in [0.25, 0.3) is 0 Å². The van der Waals surface area contributed by atoms with Crippen molar-refractivity contribution >= 4 is 5.97 Å². The molecule has 144 valence electrons. The van der Waals surface area contributed by atoms with Crippen LogP contribution < -0.4 is 0 Å². The van der Waals surface area contributed by atoms with Gasteiger partial charge in [-0.15, -0.1) is 0 Å². The molecule has 0 saturated heterocycles. The van der Waals surface area contributed by atoms with E-state index in [2.05, 4.69) is 6.92 Å². The summed E-state index contributed by atoms with van der Waals surface area (Å²) in [5.41, 5.74) is 0.311. The van der Waals surface area contributed by atoms with Gasteiger partial charge in [-0.05, 0) is 45.1 Å². The van der Waals surface area contributed by atoms with Crippen molar-refractivity contribution in [2.45, 2.75) is 90.9 Å². The monoisotopic (exact) mass is 353 g/mol. The van der Waals surface area contributed by atoms with Gasteiger partial charge in [0, 0.05) is 6.42 Å². The minimum absolute atomic E-state index is 0.102. The predicted molar refractivity (Wildman–Crippen MR) is 102 cm³/mol. The summed E-state index contributed by atoms with van der Waals surface area (Å²) in [4.78, 5) is 21.9. The molecule has 0 atom stereocenters. The van der Waals surface area contributed by atoms with E-state index in [4.69, 9.17) is 4.74 Å². The maximum atomic E-state index is 11.2. The molecule has 0 spiro atoms. The van der Waals surface area contributed by atoms with Crippen molar-refractivity contribution in [2.24, 2.45) is 0 Å². The highest BCUT2D eigenvalue weighted by Gasteiger charge is 2.06. The van der Waals surface area contributed by atoms with Gasteiger partial charge in [0.1, 0.15) is 0 Å². The van der Waals surface area contributed by atoms with Crippen LogP contribution in [0.15, 0.2) is 23.9 Å². The Morgan fingerprint density at radius 3 is 2.32 bits per heavy atom. The first-order valence-electron chi connectivity index (χ1n) is 9.75.